The number of hydrogen-bond acceptors (Lipinski definition) is 3. The first-order chi connectivity index (χ1) is 11.3. The fourth-order valence-corrected chi connectivity index (χ4v) is 2.30. The molecule has 0 bridgehead atoms. The number of para-hydroxylation sites is 1. The zero-order valence-corrected chi connectivity index (χ0v) is 12.7. The number of rotatable bonds is 2. The molecule has 3 aromatic rings. The summed E-state index contributed by atoms with van der Waals surface area (Å²) in [4.78, 5) is 16.0. The number of fused-ring (bicyclic) bond motifs is 1. The monoisotopic (exact) mass is 351 g/mol. The lowest BCUT2D eigenvalue weighted by Gasteiger charge is -2.06. The first-order valence-corrected chi connectivity index (χ1v) is 7.17. The highest BCUT2D eigenvalue weighted by atomic mass is 35.5. The lowest BCUT2D eigenvalue weighted by Crippen LogP contribution is -2.04. The molecule has 2 aromatic carbocycles. The minimum Gasteiger partial charge on any atom is -0.402 e. The van der Waals surface area contributed by atoms with Crippen molar-refractivity contribution in [3.8, 4) is 0 Å². The van der Waals surface area contributed by atoms with Gasteiger partial charge in [-0.25, -0.2) is 9.78 Å². The van der Waals surface area contributed by atoms with Gasteiger partial charge in [0.2, 0.25) is 5.89 Å². The van der Waals surface area contributed by atoms with E-state index < -0.39 is 17.4 Å². The molecule has 0 saturated heterocycles. The number of nitrogens with zero attached hydrogens (tertiary/aromatic N) is 1. The molecule has 0 aliphatic heterocycles. The Morgan fingerprint density at radius 2 is 1.75 bits per heavy atom. The van der Waals surface area contributed by atoms with Crippen LogP contribution in [0.3, 0.4) is 0 Å². The number of aromatic nitrogens is 1. The minimum atomic E-state index is -4.40. The van der Waals surface area contributed by atoms with Crippen molar-refractivity contribution in [2.75, 3.05) is 0 Å². The van der Waals surface area contributed by atoms with E-state index in [4.69, 9.17) is 16.0 Å². The number of benzene rings is 2. The quantitative estimate of drug-likeness (QED) is 0.656. The molecule has 3 nitrogen and oxygen atoms in total. The van der Waals surface area contributed by atoms with E-state index in [2.05, 4.69) is 4.98 Å². The van der Waals surface area contributed by atoms with E-state index in [1.54, 1.807) is 24.3 Å². The van der Waals surface area contributed by atoms with E-state index in [0.717, 1.165) is 12.1 Å². The van der Waals surface area contributed by atoms with Crippen LogP contribution in [-0.4, -0.2) is 4.98 Å². The van der Waals surface area contributed by atoms with Crippen LogP contribution in [-0.2, 0) is 6.18 Å². The third kappa shape index (κ3) is 3.33. The van der Waals surface area contributed by atoms with E-state index in [0.29, 0.717) is 16.5 Å². The summed E-state index contributed by atoms with van der Waals surface area (Å²) >= 11 is 6.09. The molecule has 24 heavy (non-hydrogen) atoms. The Hall–Kier alpha value is -2.60. The second kappa shape index (κ2) is 6.13. The summed E-state index contributed by atoms with van der Waals surface area (Å²) in [7, 11) is 0. The predicted octanol–water partition coefficient (Wildman–Crippen LogP) is 4.94. The number of hydrogen-bond donors (Lipinski definition) is 0. The molecule has 0 radical (unpaired) electrons. The highest BCUT2D eigenvalue weighted by Gasteiger charge is 2.29. The standard InChI is InChI=1S/C17H9ClF3NO2/c18-13(9-10-5-7-11(8-6-10)17(19,20)21)15-22-14-4-2-1-3-12(14)16(23)24-15/h1-9H/b13-9-. The van der Waals surface area contributed by atoms with Crippen molar-refractivity contribution in [1.29, 1.82) is 0 Å². The maximum atomic E-state index is 12.5. The van der Waals surface area contributed by atoms with E-state index in [1.165, 1.54) is 18.2 Å². The van der Waals surface area contributed by atoms with Crippen molar-refractivity contribution in [3.63, 3.8) is 0 Å². The van der Waals surface area contributed by atoms with Gasteiger partial charge >= 0.3 is 11.8 Å². The van der Waals surface area contributed by atoms with Crippen molar-refractivity contribution in [3.05, 3.63) is 76.0 Å². The maximum absolute atomic E-state index is 12.5. The summed E-state index contributed by atoms with van der Waals surface area (Å²) in [6.07, 6.45) is -3.03. The van der Waals surface area contributed by atoms with Crippen molar-refractivity contribution < 1.29 is 17.6 Å². The van der Waals surface area contributed by atoms with E-state index >= 15 is 0 Å². The summed E-state index contributed by atoms with van der Waals surface area (Å²) in [5.74, 6) is -0.0970. The van der Waals surface area contributed by atoms with Crippen LogP contribution in [0.4, 0.5) is 13.2 Å². The topological polar surface area (TPSA) is 43.1 Å². The van der Waals surface area contributed by atoms with E-state index in [-0.39, 0.29) is 10.9 Å². The molecule has 1 aromatic heterocycles. The Bertz CT molecular complexity index is 976. The number of alkyl halides is 3. The van der Waals surface area contributed by atoms with E-state index in [1.807, 2.05) is 0 Å². The molecule has 0 aliphatic carbocycles. The molecule has 0 amide bonds. The smallest absolute Gasteiger partial charge is 0.402 e. The molecule has 0 fully saturated rings. The van der Waals surface area contributed by atoms with Crippen LogP contribution < -0.4 is 5.63 Å². The van der Waals surface area contributed by atoms with Crippen LogP contribution in [0.15, 0.2) is 57.7 Å². The van der Waals surface area contributed by atoms with Gasteiger partial charge in [0.25, 0.3) is 0 Å². The Morgan fingerprint density at radius 1 is 1.08 bits per heavy atom. The fourth-order valence-electron chi connectivity index (χ4n) is 2.10. The summed E-state index contributed by atoms with van der Waals surface area (Å²) in [6.45, 7) is 0. The van der Waals surface area contributed by atoms with Gasteiger partial charge in [-0.3, -0.25) is 0 Å². The van der Waals surface area contributed by atoms with Gasteiger partial charge < -0.3 is 4.42 Å². The molecular weight excluding hydrogens is 343 g/mol. The molecular formula is C17H9ClF3NO2. The van der Waals surface area contributed by atoms with Gasteiger partial charge in [-0.1, -0.05) is 35.9 Å². The molecule has 122 valence electrons. The molecule has 0 unspecified atom stereocenters. The zero-order chi connectivity index (χ0) is 17.3. The first kappa shape index (κ1) is 16.3. The van der Waals surface area contributed by atoms with Crippen LogP contribution in [0.5, 0.6) is 0 Å². The van der Waals surface area contributed by atoms with Crippen molar-refractivity contribution in [2.45, 2.75) is 6.18 Å². The fraction of sp³-hybridized carbons (Fsp3) is 0.0588. The van der Waals surface area contributed by atoms with Crippen molar-refractivity contribution >= 4 is 33.6 Å². The molecule has 0 saturated carbocycles. The van der Waals surface area contributed by atoms with Crippen LogP contribution in [0, 0.1) is 0 Å². The highest BCUT2D eigenvalue weighted by Crippen LogP contribution is 2.30. The molecule has 3 rings (SSSR count). The molecule has 0 aliphatic rings. The minimum absolute atomic E-state index is 0.0117. The van der Waals surface area contributed by atoms with Crippen molar-refractivity contribution in [2.24, 2.45) is 0 Å². The van der Waals surface area contributed by atoms with Crippen LogP contribution in [0.1, 0.15) is 17.0 Å². The zero-order valence-electron chi connectivity index (χ0n) is 12.0. The Morgan fingerprint density at radius 3 is 2.42 bits per heavy atom. The third-order valence-corrected chi connectivity index (χ3v) is 3.54. The Balaban J connectivity index is 1.98. The van der Waals surface area contributed by atoms with Crippen LogP contribution >= 0.6 is 11.6 Å². The summed E-state index contributed by atoms with van der Waals surface area (Å²) in [5.41, 5.74) is -0.506. The van der Waals surface area contributed by atoms with Gasteiger partial charge in [0.1, 0.15) is 5.03 Å². The predicted molar refractivity (Wildman–Crippen MR) is 85.4 cm³/mol. The summed E-state index contributed by atoms with van der Waals surface area (Å²) in [6, 6.07) is 11.0. The van der Waals surface area contributed by atoms with Gasteiger partial charge in [0.15, 0.2) is 0 Å². The highest BCUT2D eigenvalue weighted by molar-refractivity contribution is 6.50. The van der Waals surface area contributed by atoms with Gasteiger partial charge in [-0.05, 0) is 35.9 Å². The molecule has 0 spiro atoms. The Kier molecular flexibility index (Phi) is 4.15. The lowest BCUT2D eigenvalue weighted by atomic mass is 10.1. The molecule has 0 atom stereocenters. The second-order valence-corrected chi connectivity index (χ2v) is 5.34. The van der Waals surface area contributed by atoms with Crippen LogP contribution in [0.2, 0.25) is 0 Å². The Labute approximate surface area is 139 Å². The largest absolute Gasteiger partial charge is 0.416 e. The van der Waals surface area contributed by atoms with Gasteiger partial charge in [-0.2, -0.15) is 13.2 Å². The van der Waals surface area contributed by atoms with Gasteiger partial charge in [-0.15, -0.1) is 0 Å². The SMILES string of the molecule is O=c1oc(/C(Cl)=C/c2ccc(C(F)(F)F)cc2)nc2ccccc12. The van der Waals surface area contributed by atoms with Crippen LogP contribution in [0.25, 0.3) is 22.0 Å². The average Bonchev–Trinajstić information content (AvgIpc) is 2.54. The van der Waals surface area contributed by atoms with Crippen molar-refractivity contribution in [1.82, 2.24) is 4.98 Å². The molecule has 1 heterocycles. The third-order valence-electron chi connectivity index (χ3n) is 3.27. The van der Waals surface area contributed by atoms with E-state index in [9.17, 15) is 18.0 Å². The van der Waals surface area contributed by atoms with Gasteiger partial charge in [0, 0.05) is 0 Å². The number of halogens is 4. The average molecular weight is 352 g/mol. The van der Waals surface area contributed by atoms with Gasteiger partial charge in [0.05, 0.1) is 16.5 Å². The first-order valence-electron chi connectivity index (χ1n) is 6.79. The molecule has 0 N–H and O–H groups in total. The normalized spacial score (nSPS) is 12.6. The second-order valence-electron chi connectivity index (χ2n) is 4.94. The maximum Gasteiger partial charge on any atom is 0.416 e. The summed E-state index contributed by atoms with van der Waals surface area (Å²) < 4.78 is 42.7. The lowest BCUT2D eigenvalue weighted by molar-refractivity contribution is -0.137. The summed E-state index contributed by atoms with van der Waals surface area (Å²) in [5, 5.41) is 0.331. The molecule has 7 heteroatoms.